The molecule has 0 bridgehead atoms. The van der Waals surface area contributed by atoms with Gasteiger partial charge in [0, 0.05) is 13.2 Å². The van der Waals surface area contributed by atoms with Crippen LogP contribution in [0.1, 0.15) is 78.1 Å². The van der Waals surface area contributed by atoms with Gasteiger partial charge in [-0.2, -0.15) is 7.82 Å². The van der Waals surface area contributed by atoms with Crippen molar-refractivity contribution in [3.63, 3.8) is 0 Å². The first-order valence-corrected chi connectivity index (χ1v) is 9.18. The van der Waals surface area contributed by atoms with E-state index < -0.39 is 7.82 Å². The third-order valence-corrected chi connectivity index (χ3v) is 2.85. The fourth-order valence-corrected chi connectivity index (χ4v) is 1.84. The summed E-state index contributed by atoms with van der Waals surface area (Å²) in [6, 6.07) is 0. The van der Waals surface area contributed by atoms with Crippen molar-refractivity contribution in [1.82, 2.24) is 0 Å². The van der Waals surface area contributed by atoms with Gasteiger partial charge in [0.1, 0.15) is 0 Å². The zero-order valence-corrected chi connectivity index (χ0v) is 22.9. The average molecular weight is 378 g/mol. The third kappa shape index (κ3) is 58.8. The molecular weight excluding hydrogens is 348 g/mol. The van der Waals surface area contributed by atoms with Crippen molar-refractivity contribution >= 4 is 7.82 Å². The Hall–Kier alpha value is 3.07. The van der Waals surface area contributed by atoms with Crippen LogP contribution in [0.3, 0.4) is 0 Å². The molecule has 0 fully saturated rings. The van der Waals surface area contributed by atoms with Gasteiger partial charge in [0.15, 0.2) is 0 Å². The number of rotatable bonds is 12. The maximum atomic E-state index is 8.55. The third-order valence-electron chi connectivity index (χ3n) is 2.85. The number of hydrogen-bond acceptors (Lipinski definition) is 5. The van der Waals surface area contributed by atoms with E-state index in [-0.39, 0.29) is 88.7 Å². The van der Waals surface area contributed by atoms with Crippen LogP contribution in [0, 0.1) is 0 Å². The number of phosphoric acid groups is 1. The summed E-state index contributed by atoms with van der Waals surface area (Å²) in [6.45, 7) is 6.18. The standard InChI is InChI=1S/C14H30O.3Na.H3O4P/c1-3-5-6-7-8-9-10-11-12-13-14-15-4-2;;;;1-5(2,3)4/h3-14H2,1-2H3;;;;(H3,1,2,3,4)/q;3*+1;/p-3. The van der Waals surface area contributed by atoms with Gasteiger partial charge in [-0.05, 0) is 13.3 Å². The fourth-order valence-electron chi connectivity index (χ4n) is 1.84. The number of unbranched alkanes of at least 4 members (excludes halogenated alkanes) is 9. The van der Waals surface area contributed by atoms with Crippen molar-refractivity contribution in [2.24, 2.45) is 0 Å². The predicted octanol–water partition coefficient (Wildman–Crippen LogP) is -6.87. The van der Waals surface area contributed by atoms with Crippen LogP contribution in [-0.2, 0) is 9.30 Å². The van der Waals surface area contributed by atoms with Crippen LogP contribution < -0.4 is 103 Å². The van der Waals surface area contributed by atoms with Crippen LogP contribution in [0.5, 0.6) is 0 Å². The summed E-state index contributed by atoms with van der Waals surface area (Å²) in [5.41, 5.74) is 0. The van der Waals surface area contributed by atoms with E-state index >= 15 is 0 Å². The van der Waals surface area contributed by atoms with E-state index in [1.54, 1.807) is 0 Å². The molecule has 0 aliphatic heterocycles. The normalized spacial score (nSPS) is 9.61. The molecule has 0 N–H and O–H groups in total. The second-order valence-corrected chi connectivity index (χ2v) is 5.72. The molecule has 0 heterocycles. The second-order valence-electron chi connectivity index (χ2n) is 4.83. The number of ether oxygens (including phenoxy) is 1. The van der Waals surface area contributed by atoms with Gasteiger partial charge < -0.3 is 24.0 Å². The molecule has 0 rings (SSSR count). The summed E-state index contributed by atoms with van der Waals surface area (Å²) in [5.74, 6) is 0. The van der Waals surface area contributed by atoms with Gasteiger partial charge in [-0.15, -0.1) is 0 Å². The van der Waals surface area contributed by atoms with Crippen molar-refractivity contribution in [3.8, 4) is 0 Å². The first-order valence-electron chi connectivity index (χ1n) is 7.72. The summed E-state index contributed by atoms with van der Waals surface area (Å²) in [6.07, 6.45) is 14.0. The minimum Gasteiger partial charge on any atom is -0.822 e. The molecule has 0 aromatic rings. The SMILES string of the molecule is CCCCCCCCCCCCOCC.O=P([O-])([O-])[O-].[Na+].[Na+].[Na+]. The molecule has 0 spiro atoms. The Morgan fingerprint density at radius 1 is 0.696 bits per heavy atom. The molecular formula is C14H30Na3O5P. The van der Waals surface area contributed by atoms with Crippen LogP contribution in [0.2, 0.25) is 0 Å². The van der Waals surface area contributed by atoms with E-state index in [9.17, 15) is 0 Å². The van der Waals surface area contributed by atoms with E-state index in [2.05, 4.69) is 13.8 Å². The van der Waals surface area contributed by atoms with Gasteiger partial charge in [-0.1, -0.05) is 64.7 Å². The molecule has 9 heteroatoms. The van der Waals surface area contributed by atoms with Crippen LogP contribution >= 0.6 is 7.82 Å². The van der Waals surface area contributed by atoms with E-state index in [0.29, 0.717) is 0 Å². The Kier molecular flexibility index (Phi) is 47.9. The van der Waals surface area contributed by atoms with Crippen molar-refractivity contribution in [2.45, 2.75) is 78.1 Å². The van der Waals surface area contributed by atoms with E-state index in [1.165, 1.54) is 64.2 Å². The van der Waals surface area contributed by atoms with Crippen LogP contribution in [-0.4, -0.2) is 13.2 Å². The Bertz CT molecular complexity index is 210. The van der Waals surface area contributed by atoms with Gasteiger partial charge in [0.05, 0.1) is 0 Å². The summed E-state index contributed by atoms with van der Waals surface area (Å²) in [5, 5.41) is 0. The van der Waals surface area contributed by atoms with Crippen LogP contribution in [0.4, 0.5) is 0 Å². The quantitative estimate of drug-likeness (QED) is 0.191. The molecule has 0 aliphatic rings. The monoisotopic (exact) mass is 378 g/mol. The molecule has 0 atom stereocenters. The summed E-state index contributed by atoms with van der Waals surface area (Å²) >= 11 is 0. The Balaban J connectivity index is -0.000000118. The molecule has 0 saturated carbocycles. The first kappa shape index (κ1) is 36.9. The maximum absolute atomic E-state index is 8.55. The Morgan fingerprint density at radius 3 is 1.30 bits per heavy atom. The second kappa shape index (κ2) is 29.8. The van der Waals surface area contributed by atoms with Crippen LogP contribution in [0.15, 0.2) is 0 Å². The molecule has 23 heavy (non-hydrogen) atoms. The zero-order chi connectivity index (χ0) is 15.7. The van der Waals surface area contributed by atoms with Gasteiger partial charge in [0.2, 0.25) is 0 Å². The largest absolute Gasteiger partial charge is 1.00 e. The molecule has 0 aromatic heterocycles. The van der Waals surface area contributed by atoms with Crippen molar-refractivity contribution < 1.29 is 113 Å². The summed E-state index contributed by atoms with van der Waals surface area (Å²) in [4.78, 5) is 25.6. The van der Waals surface area contributed by atoms with Gasteiger partial charge in [-0.25, -0.2) is 0 Å². The van der Waals surface area contributed by atoms with Crippen molar-refractivity contribution in [3.05, 3.63) is 0 Å². The first-order chi connectivity index (χ1) is 9.41. The molecule has 124 valence electrons. The van der Waals surface area contributed by atoms with Gasteiger partial charge in [-0.3, -0.25) is 0 Å². The molecule has 0 unspecified atom stereocenters. The van der Waals surface area contributed by atoms with Gasteiger partial charge in [0.25, 0.3) is 0 Å². The predicted molar refractivity (Wildman–Crippen MR) is 75.9 cm³/mol. The van der Waals surface area contributed by atoms with E-state index in [1.807, 2.05) is 0 Å². The zero-order valence-electron chi connectivity index (χ0n) is 16.0. The maximum Gasteiger partial charge on any atom is 1.00 e. The van der Waals surface area contributed by atoms with E-state index in [4.69, 9.17) is 24.0 Å². The summed E-state index contributed by atoms with van der Waals surface area (Å²) < 4.78 is 13.9. The van der Waals surface area contributed by atoms with Crippen molar-refractivity contribution in [2.75, 3.05) is 13.2 Å². The molecule has 0 saturated heterocycles. The number of hydrogen-bond donors (Lipinski definition) is 0. The van der Waals surface area contributed by atoms with Crippen LogP contribution in [0.25, 0.3) is 0 Å². The molecule has 0 aliphatic carbocycles. The smallest absolute Gasteiger partial charge is 0.822 e. The Morgan fingerprint density at radius 2 is 1.00 bits per heavy atom. The van der Waals surface area contributed by atoms with E-state index in [0.717, 1.165) is 13.2 Å². The minimum atomic E-state index is -5.39. The van der Waals surface area contributed by atoms with Crippen molar-refractivity contribution in [1.29, 1.82) is 0 Å². The summed E-state index contributed by atoms with van der Waals surface area (Å²) in [7, 11) is -5.39. The molecule has 0 radical (unpaired) electrons. The molecule has 0 amide bonds. The molecule has 0 aromatic carbocycles. The fraction of sp³-hybridized carbons (Fsp3) is 1.00. The minimum absolute atomic E-state index is 0. The van der Waals surface area contributed by atoms with Gasteiger partial charge >= 0.3 is 88.7 Å². The molecule has 5 nitrogen and oxygen atoms in total. The average Bonchev–Trinajstić information content (AvgIpc) is 2.34. The Labute approximate surface area is 209 Å². The topological polar surface area (TPSA) is 95.5 Å².